The smallest absolute Gasteiger partial charge is 0.157 e. The molecule has 0 aliphatic carbocycles. The van der Waals surface area contributed by atoms with Crippen molar-refractivity contribution in [1.29, 1.82) is 0 Å². The van der Waals surface area contributed by atoms with E-state index in [0.29, 0.717) is 12.6 Å². The third-order valence-electron chi connectivity index (χ3n) is 1.74. The molecule has 1 aromatic rings. The van der Waals surface area contributed by atoms with Crippen molar-refractivity contribution in [2.24, 2.45) is 0 Å². The van der Waals surface area contributed by atoms with Crippen molar-refractivity contribution >= 4 is 15.7 Å². The Morgan fingerprint density at radius 3 is 1.50 bits per heavy atom. The van der Waals surface area contributed by atoms with Crippen LogP contribution >= 0.6 is 0 Å². The van der Waals surface area contributed by atoms with E-state index in [1.165, 1.54) is 12.1 Å². The average molecular weight is 158 g/mol. The minimum absolute atomic E-state index is 0.160. The Hall–Kier alpha value is -1.05. The quantitative estimate of drug-likeness (QED) is 0.483. The van der Waals surface area contributed by atoms with Gasteiger partial charge in [-0.15, -0.1) is 0 Å². The van der Waals surface area contributed by atoms with Crippen LogP contribution in [0.2, 0.25) is 0 Å². The maximum atomic E-state index is 9.10. The van der Waals surface area contributed by atoms with Crippen molar-refractivity contribution in [1.82, 2.24) is 0 Å². The van der Waals surface area contributed by atoms with Crippen molar-refractivity contribution in [2.45, 2.75) is 12.6 Å². The molecule has 0 aliphatic heterocycles. The second-order valence-electron chi connectivity index (χ2n) is 2.52. The van der Waals surface area contributed by atoms with Crippen LogP contribution in [0.1, 0.15) is 11.1 Å². The molecule has 2 nitrogen and oxygen atoms in total. The van der Waals surface area contributed by atoms with Crippen LogP contribution in [0.25, 0.3) is 0 Å². The minimum atomic E-state index is -0.160. The Morgan fingerprint density at radius 2 is 1.25 bits per heavy atom. The molecular formula is C8H8B2O2. The van der Waals surface area contributed by atoms with Gasteiger partial charge in [0.05, 0.1) is 15.7 Å². The lowest BCUT2D eigenvalue weighted by molar-refractivity contribution is 0.403. The maximum absolute atomic E-state index is 9.10. The zero-order valence-electron chi connectivity index (χ0n) is 6.62. The predicted octanol–water partition coefficient (Wildman–Crippen LogP) is 0.435. The van der Waals surface area contributed by atoms with Gasteiger partial charge in [0.15, 0.2) is 11.5 Å². The van der Waals surface area contributed by atoms with E-state index >= 15 is 0 Å². The van der Waals surface area contributed by atoms with E-state index in [1.54, 1.807) is 0 Å². The minimum Gasteiger partial charge on any atom is -0.504 e. The fourth-order valence-electron chi connectivity index (χ4n) is 1.04. The third-order valence-corrected chi connectivity index (χ3v) is 1.74. The van der Waals surface area contributed by atoms with Gasteiger partial charge in [-0.2, -0.15) is 0 Å². The first-order valence-electron chi connectivity index (χ1n) is 3.63. The molecule has 1 aromatic carbocycles. The molecule has 1 rings (SSSR count). The zero-order chi connectivity index (χ0) is 9.14. The number of rotatable bonds is 2. The molecule has 0 saturated carbocycles. The van der Waals surface area contributed by atoms with E-state index in [9.17, 15) is 0 Å². The van der Waals surface area contributed by atoms with Gasteiger partial charge in [-0.1, -0.05) is 23.8 Å². The molecule has 0 bridgehead atoms. The van der Waals surface area contributed by atoms with Gasteiger partial charge in [0, 0.05) is 0 Å². The lowest BCUT2D eigenvalue weighted by atomic mass is 9.86. The van der Waals surface area contributed by atoms with E-state index in [0.717, 1.165) is 11.1 Å². The second-order valence-corrected chi connectivity index (χ2v) is 2.52. The SMILES string of the molecule is [B]Cc1cc(O)c(O)cc1C[B]. The Bertz CT molecular complexity index is 258. The van der Waals surface area contributed by atoms with E-state index in [-0.39, 0.29) is 11.5 Å². The molecule has 0 unspecified atom stereocenters. The Kier molecular flexibility index (Phi) is 2.69. The number of phenols is 2. The Labute approximate surface area is 74.1 Å². The van der Waals surface area contributed by atoms with Crippen LogP contribution in [-0.4, -0.2) is 25.9 Å². The average Bonchev–Trinajstić information content (AvgIpc) is 2.09. The fourth-order valence-corrected chi connectivity index (χ4v) is 1.04. The molecular weight excluding hydrogens is 150 g/mol. The van der Waals surface area contributed by atoms with Crippen LogP contribution in [0.4, 0.5) is 0 Å². The van der Waals surface area contributed by atoms with E-state index in [4.69, 9.17) is 25.9 Å². The summed E-state index contributed by atoms with van der Waals surface area (Å²) in [7, 11) is 10.8. The fraction of sp³-hybridized carbons (Fsp3) is 0.250. The molecule has 12 heavy (non-hydrogen) atoms. The molecule has 4 heteroatoms. The molecule has 0 saturated heterocycles. The molecule has 2 N–H and O–H groups in total. The molecule has 0 atom stereocenters. The first kappa shape index (κ1) is 9.04. The number of hydrogen-bond acceptors (Lipinski definition) is 2. The highest BCUT2D eigenvalue weighted by Gasteiger charge is 2.04. The summed E-state index contributed by atoms with van der Waals surface area (Å²) >= 11 is 0. The monoisotopic (exact) mass is 158 g/mol. The number of phenolic OH excluding ortho intramolecular Hbond substituents is 2. The highest BCUT2D eigenvalue weighted by molar-refractivity contribution is 6.10. The molecule has 0 spiro atoms. The first-order valence-corrected chi connectivity index (χ1v) is 3.63. The highest BCUT2D eigenvalue weighted by atomic mass is 16.3. The number of hydrogen-bond donors (Lipinski definition) is 2. The molecule has 58 valence electrons. The van der Waals surface area contributed by atoms with Crippen LogP contribution in [0.15, 0.2) is 12.1 Å². The molecule has 0 amide bonds. The van der Waals surface area contributed by atoms with Crippen molar-refractivity contribution in [3.8, 4) is 11.5 Å². The number of benzene rings is 1. The van der Waals surface area contributed by atoms with Gasteiger partial charge in [0.1, 0.15) is 0 Å². The maximum Gasteiger partial charge on any atom is 0.157 e. The summed E-state index contributed by atoms with van der Waals surface area (Å²) < 4.78 is 0. The van der Waals surface area contributed by atoms with Crippen LogP contribution in [-0.2, 0) is 12.6 Å². The van der Waals surface area contributed by atoms with Gasteiger partial charge in [0.25, 0.3) is 0 Å². The summed E-state index contributed by atoms with van der Waals surface area (Å²) in [6, 6.07) is 2.86. The van der Waals surface area contributed by atoms with Crippen LogP contribution in [0.5, 0.6) is 11.5 Å². The molecule has 0 fully saturated rings. The summed E-state index contributed by atoms with van der Waals surface area (Å²) in [5.74, 6) is -0.319. The molecule has 0 aromatic heterocycles. The van der Waals surface area contributed by atoms with Crippen LogP contribution in [0.3, 0.4) is 0 Å². The van der Waals surface area contributed by atoms with Gasteiger partial charge in [-0.25, -0.2) is 0 Å². The number of aromatic hydroxyl groups is 2. The van der Waals surface area contributed by atoms with Gasteiger partial charge in [-0.3, -0.25) is 0 Å². The van der Waals surface area contributed by atoms with Crippen LogP contribution < -0.4 is 0 Å². The lowest BCUT2D eigenvalue weighted by Gasteiger charge is -2.07. The summed E-state index contributed by atoms with van der Waals surface area (Å²) in [6.07, 6.45) is 0.612. The lowest BCUT2D eigenvalue weighted by Crippen LogP contribution is -1.94. The van der Waals surface area contributed by atoms with Crippen molar-refractivity contribution in [2.75, 3.05) is 0 Å². The predicted molar refractivity (Wildman–Crippen MR) is 48.7 cm³/mol. The summed E-state index contributed by atoms with van der Waals surface area (Å²) in [5, 5.41) is 18.2. The van der Waals surface area contributed by atoms with Crippen molar-refractivity contribution in [3.63, 3.8) is 0 Å². The largest absolute Gasteiger partial charge is 0.504 e. The van der Waals surface area contributed by atoms with E-state index in [2.05, 4.69) is 0 Å². The topological polar surface area (TPSA) is 40.5 Å². The Balaban J connectivity index is 3.19. The second kappa shape index (κ2) is 3.57. The van der Waals surface area contributed by atoms with E-state index in [1.807, 2.05) is 0 Å². The van der Waals surface area contributed by atoms with Gasteiger partial charge < -0.3 is 10.2 Å². The zero-order valence-corrected chi connectivity index (χ0v) is 6.62. The first-order chi connectivity index (χ1) is 5.69. The van der Waals surface area contributed by atoms with Gasteiger partial charge >= 0.3 is 0 Å². The standard InChI is InChI=1S/C8H8B2O2/c9-3-5-1-7(11)8(12)2-6(5)4-10/h1-2,11-12H,3-4H2. The van der Waals surface area contributed by atoms with Gasteiger partial charge in [-0.05, 0) is 12.1 Å². The normalized spacial score (nSPS) is 10.0. The summed E-state index contributed by atoms with van der Waals surface area (Å²) in [6.45, 7) is 0. The van der Waals surface area contributed by atoms with Crippen LogP contribution in [0, 0.1) is 0 Å². The Morgan fingerprint density at radius 1 is 0.917 bits per heavy atom. The van der Waals surface area contributed by atoms with Crippen molar-refractivity contribution < 1.29 is 10.2 Å². The van der Waals surface area contributed by atoms with Crippen molar-refractivity contribution in [3.05, 3.63) is 23.3 Å². The molecule has 4 radical (unpaired) electrons. The van der Waals surface area contributed by atoms with E-state index < -0.39 is 0 Å². The molecule has 0 aliphatic rings. The molecule has 0 heterocycles. The summed E-state index contributed by atoms with van der Waals surface area (Å²) in [4.78, 5) is 0. The highest BCUT2D eigenvalue weighted by Crippen LogP contribution is 2.28. The third kappa shape index (κ3) is 1.58. The summed E-state index contributed by atoms with van der Waals surface area (Å²) in [5.41, 5.74) is 1.51. The van der Waals surface area contributed by atoms with Gasteiger partial charge in [0.2, 0.25) is 0 Å².